The minimum Gasteiger partial charge on any atom is -0.467 e. The lowest BCUT2D eigenvalue weighted by Gasteiger charge is -2.14. The zero-order chi connectivity index (χ0) is 19.9. The van der Waals surface area contributed by atoms with Gasteiger partial charge >= 0.3 is 12.1 Å². The molecule has 0 fully saturated rings. The number of carbonyl (C=O) groups is 2. The van der Waals surface area contributed by atoms with E-state index in [-0.39, 0.29) is 18.7 Å². The van der Waals surface area contributed by atoms with Gasteiger partial charge in [-0.3, -0.25) is 14.9 Å². The summed E-state index contributed by atoms with van der Waals surface area (Å²) in [5.41, 5.74) is -2.15. The highest BCUT2D eigenvalue weighted by Gasteiger charge is 2.33. The lowest BCUT2D eigenvalue weighted by molar-refractivity contribution is -0.384. The molecule has 1 amide bonds. The van der Waals surface area contributed by atoms with Crippen molar-refractivity contribution in [3.8, 4) is 0 Å². The van der Waals surface area contributed by atoms with Crippen molar-refractivity contribution in [2.75, 3.05) is 25.6 Å². The van der Waals surface area contributed by atoms with Gasteiger partial charge in [-0.1, -0.05) is 0 Å². The average molecular weight is 379 g/mol. The Morgan fingerprint density at radius 3 is 2.54 bits per heavy atom. The first-order chi connectivity index (χ1) is 12.1. The van der Waals surface area contributed by atoms with Crippen LogP contribution >= 0.6 is 0 Å². The van der Waals surface area contributed by atoms with Crippen LogP contribution < -0.4 is 10.6 Å². The normalized spacial score (nSPS) is 12.2. The van der Waals surface area contributed by atoms with Crippen LogP contribution in [0.4, 0.5) is 24.5 Å². The molecule has 0 unspecified atom stereocenters. The zero-order valence-corrected chi connectivity index (χ0v) is 13.5. The molecule has 0 saturated heterocycles. The van der Waals surface area contributed by atoms with E-state index in [2.05, 4.69) is 15.4 Å². The third kappa shape index (κ3) is 5.88. The van der Waals surface area contributed by atoms with E-state index in [0.29, 0.717) is 12.1 Å². The summed E-state index contributed by atoms with van der Waals surface area (Å²) in [6.07, 6.45) is -4.98. The molecular formula is C14H16F3N3O6. The fraction of sp³-hybridized carbons (Fsp3) is 0.429. The van der Waals surface area contributed by atoms with Gasteiger partial charge in [-0.2, -0.15) is 13.2 Å². The Kier molecular flexibility index (Phi) is 7.31. The minimum absolute atomic E-state index is 0.155. The van der Waals surface area contributed by atoms with Crippen molar-refractivity contribution in [3.05, 3.63) is 33.9 Å². The Balaban J connectivity index is 2.71. The number of nitrogens with zero attached hydrogens (tertiary/aromatic N) is 1. The van der Waals surface area contributed by atoms with Crippen molar-refractivity contribution in [3.63, 3.8) is 0 Å². The smallest absolute Gasteiger partial charge is 0.416 e. The number of esters is 1. The standard InChI is InChI=1S/C14H16F3N3O6/c1-26-13(23)10(7-21)19-12(22)4-5-18-9-3-2-8(14(15,16)17)6-11(9)20(24)25/h2-3,6,10,18,21H,4-5,7H2,1H3,(H,19,22)/t10-/m0/s1. The second-order valence-corrected chi connectivity index (χ2v) is 4.99. The molecule has 144 valence electrons. The first kappa shape index (κ1) is 21.2. The van der Waals surface area contributed by atoms with Crippen molar-refractivity contribution in [1.29, 1.82) is 0 Å². The molecule has 0 bridgehead atoms. The molecule has 3 N–H and O–H groups in total. The number of benzene rings is 1. The number of aliphatic hydroxyl groups excluding tert-OH is 1. The van der Waals surface area contributed by atoms with Crippen LogP contribution in [0.3, 0.4) is 0 Å². The van der Waals surface area contributed by atoms with Crippen LogP contribution in [0, 0.1) is 10.1 Å². The van der Waals surface area contributed by atoms with Crippen molar-refractivity contribution in [1.82, 2.24) is 5.32 Å². The SMILES string of the molecule is COC(=O)[C@H](CO)NC(=O)CCNc1ccc(C(F)(F)F)cc1[N+](=O)[O-]. The van der Waals surface area contributed by atoms with Crippen molar-refractivity contribution in [2.45, 2.75) is 18.6 Å². The Bertz CT molecular complexity index is 680. The lowest BCUT2D eigenvalue weighted by Crippen LogP contribution is -2.44. The largest absolute Gasteiger partial charge is 0.467 e. The Morgan fingerprint density at radius 2 is 2.04 bits per heavy atom. The van der Waals surface area contributed by atoms with Crippen molar-refractivity contribution in [2.24, 2.45) is 0 Å². The molecule has 26 heavy (non-hydrogen) atoms. The summed E-state index contributed by atoms with van der Waals surface area (Å²) in [6, 6.07) is 0.702. The molecule has 0 spiro atoms. The van der Waals surface area contributed by atoms with Crippen molar-refractivity contribution >= 4 is 23.3 Å². The lowest BCUT2D eigenvalue weighted by atomic mass is 10.1. The van der Waals surface area contributed by atoms with Gasteiger partial charge in [0.1, 0.15) is 5.69 Å². The summed E-state index contributed by atoms with van der Waals surface area (Å²) >= 11 is 0. The highest BCUT2D eigenvalue weighted by Crippen LogP contribution is 2.34. The Morgan fingerprint density at radius 1 is 1.38 bits per heavy atom. The highest BCUT2D eigenvalue weighted by atomic mass is 19.4. The summed E-state index contributed by atoms with van der Waals surface area (Å²) in [5.74, 6) is -1.52. The van der Waals surface area contributed by atoms with Gasteiger partial charge in [-0.25, -0.2) is 4.79 Å². The van der Waals surface area contributed by atoms with Crippen LogP contribution in [0.1, 0.15) is 12.0 Å². The third-order valence-electron chi connectivity index (χ3n) is 3.19. The second-order valence-electron chi connectivity index (χ2n) is 4.99. The molecule has 0 aliphatic rings. The molecule has 0 radical (unpaired) electrons. The number of alkyl halides is 3. The number of carbonyl (C=O) groups excluding carboxylic acids is 2. The number of aliphatic hydroxyl groups is 1. The molecule has 1 atom stereocenters. The van der Waals surface area contributed by atoms with Gasteiger partial charge in [0.25, 0.3) is 5.69 Å². The number of halogens is 3. The summed E-state index contributed by atoms with van der Waals surface area (Å²) in [4.78, 5) is 32.9. The average Bonchev–Trinajstić information content (AvgIpc) is 2.58. The summed E-state index contributed by atoms with van der Waals surface area (Å²) in [6.45, 7) is -0.840. The number of hydrogen-bond donors (Lipinski definition) is 3. The monoisotopic (exact) mass is 379 g/mol. The van der Waals surface area contributed by atoms with E-state index in [9.17, 15) is 32.9 Å². The van der Waals surface area contributed by atoms with E-state index in [0.717, 1.165) is 13.2 Å². The third-order valence-corrected chi connectivity index (χ3v) is 3.19. The van der Waals surface area contributed by atoms with E-state index < -0.39 is 46.9 Å². The van der Waals surface area contributed by atoms with E-state index in [1.165, 1.54) is 0 Å². The molecule has 0 aliphatic heterocycles. The van der Waals surface area contributed by atoms with Crippen LogP contribution in [0.25, 0.3) is 0 Å². The van der Waals surface area contributed by atoms with Gasteiger partial charge in [0.15, 0.2) is 6.04 Å². The molecule has 0 heterocycles. The Labute approximate surface area is 145 Å². The summed E-state index contributed by atoms with van der Waals surface area (Å²) < 4.78 is 42.2. The molecule has 9 nitrogen and oxygen atoms in total. The molecule has 0 saturated carbocycles. The maximum atomic E-state index is 12.6. The van der Waals surface area contributed by atoms with E-state index in [1.807, 2.05) is 0 Å². The van der Waals surface area contributed by atoms with Gasteiger partial charge in [0.2, 0.25) is 5.91 Å². The van der Waals surface area contributed by atoms with E-state index in [1.54, 1.807) is 0 Å². The number of amides is 1. The van der Waals surface area contributed by atoms with Gasteiger partial charge < -0.3 is 20.5 Å². The number of hydrogen-bond acceptors (Lipinski definition) is 7. The van der Waals surface area contributed by atoms with E-state index in [4.69, 9.17) is 5.11 Å². The molecule has 0 aliphatic carbocycles. The first-order valence-corrected chi connectivity index (χ1v) is 7.17. The number of nitro benzene ring substituents is 1. The molecule has 12 heteroatoms. The molecule has 1 aromatic carbocycles. The van der Waals surface area contributed by atoms with Crippen molar-refractivity contribution < 1.29 is 37.5 Å². The minimum atomic E-state index is -4.73. The number of ether oxygens (including phenoxy) is 1. The maximum absolute atomic E-state index is 12.6. The number of nitrogens with one attached hydrogen (secondary N) is 2. The topological polar surface area (TPSA) is 131 Å². The quantitative estimate of drug-likeness (QED) is 0.350. The highest BCUT2D eigenvalue weighted by molar-refractivity contribution is 5.84. The van der Waals surface area contributed by atoms with Gasteiger partial charge in [0, 0.05) is 19.0 Å². The molecule has 1 aromatic rings. The number of methoxy groups -OCH3 is 1. The maximum Gasteiger partial charge on any atom is 0.416 e. The zero-order valence-electron chi connectivity index (χ0n) is 13.5. The predicted molar refractivity (Wildman–Crippen MR) is 82.2 cm³/mol. The number of nitro groups is 1. The number of anilines is 1. The first-order valence-electron chi connectivity index (χ1n) is 7.17. The van der Waals surface area contributed by atoms with Crippen LogP contribution in [0.15, 0.2) is 18.2 Å². The van der Waals surface area contributed by atoms with Gasteiger partial charge in [-0.15, -0.1) is 0 Å². The molecule has 1 rings (SSSR count). The van der Waals surface area contributed by atoms with Gasteiger partial charge in [-0.05, 0) is 12.1 Å². The fourth-order valence-corrected chi connectivity index (χ4v) is 1.91. The van der Waals surface area contributed by atoms with Gasteiger partial charge in [0.05, 0.1) is 24.2 Å². The Hall–Kier alpha value is -2.89. The second kappa shape index (κ2) is 8.99. The predicted octanol–water partition coefficient (Wildman–Crippen LogP) is 1.07. The van der Waals surface area contributed by atoms with Crippen LogP contribution in [0.5, 0.6) is 0 Å². The van der Waals surface area contributed by atoms with E-state index >= 15 is 0 Å². The number of rotatable bonds is 8. The summed E-state index contributed by atoms with van der Waals surface area (Å²) in [7, 11) is 1.07. The molecular weight excluding hydrogens is 363 g/mol. The summed E-state index contributed by atoms with van der Waals surface area (Å²) in [5, 5.41) is 24.6. The van der Waals surface area contributed by atoms with Crippen LogP contribution in [-0.4, -0.2) is 48.2 Å². The fourth-order valence-electron chi connectivity index (χ4n) is 1.91. The van der Waals surface area contributed by atoms with Crippen LogP contribution in [0.2, 0.25) is 0 Å². The van der Waals surface area contributed by atoms with Crippen LogP contribution in [-0.2, 0) is 20.5 Å². The molecule has 0 aromatic heterocycles.